The Morgan fingerprint density at radius 2 is 1.52 bits per heavy atom. The highest BCUT2D eigenvalue weighted by molar-refractivity contribution is 7.48. The molecule has 0 saturated carbocycles. The average molecular weight is 967 g/mol. The number of ether oxygens (including phenoxy) is 8. The van der Waals surface area contributed by atoms with Gasteiger partial charge < -0.3 is 58.5 Å². The molecule has 0 aromatic carbocycles. The first-order chi connectivity index (χ1) is 31.4. The van der Waals surface area contributed by atoms with Crippen LogP contribution < -0.4 is 5.32 Å². The van der Waals surface area contributed by atoms with Crippen molar-refractivity contribution in [2.75, 3.05) is 46.2 Å². The number of unbranched alkanes of at least 4 members (excludes halogenated alkanes) is 1. The number of ketones is 1. The summed E-state index contributed by atoms with van der Waals surface area (Å²) >= 11 is 0. The maximum Gasteiger partial charge on any atom is 0.475 e. The average Bonchev–Trinajstić information content (AvgIpc) is 3.96. The molecule has 0 bridgehead atoms. The van der Waals surface area contributed by atoms with Crippen molar-refractivity contribution in [1.82, 2.24) is 20.3 Å². The molecular weight excluding hydrogens is 887 g/mol. The number of aromatic nitrogens is 3. The number of aliphatic hydroxyl groups excluding tert-OH is 3. The predicted octanol–water partition coefficient (Wildman–Crippen LogP) is 3.21. The first kappa shape index (κ1) is 56.5. The molecular formula is C44H79N4O17P. The normalized spacial score (nSPS) is 29.9. The highest BCUT2D eigenvalue weighted by Gasteiger charge is 2.48. The molecule has 382 valence electrons. The van der Waals surface area contributed by atoms with E-state index in [2.05, 4.69) is 15.6 Å². The lowest BCUT2D eigenvalue weighted by molar-refractivity contribution is -0.270. The SMILES string of the molecule is CC(=O)NC1C(OCCCCC(=O)CCCOCCOCCn2cc(CCOP(=O)(OC(C)[C@H]3O[C@@H](C)C[C@H]3OC(C)C)O[C@@H]3C[C@H](C)O[C@@H]3C(C)OC(C)C)nn2)OC(CO)C(O)C1O. The number of carbonyl (C=O) groups excluding carboxylic acids is 2. The van der Waals surface area contributed by atoms with Gasteiger partial charge in [-0.25, -0.2) is 9.25 Å². The van der Waals surface area contributed by atoms with E-state index in [1.54, 1.807) is 17.8 Å². The third kappa shape index (κ3) is 19.0. The predicted molar refractivity (Wildman–Crippen MR) is 237 cm³/mol. The highest BCUT2D eigenvalue weighted by Crippen LogP contribution is 2.54. The van der Waals surface area contributed by atoms with E-state index in [1.807, 2.05) is 48.5 Å². The molecule has 1 amide bonds. The van der Waals surface area contributed by atoms with E-state index in [0.29, 0.717) is 90.0 Å². The van der Waals surface area contributed by atoms with Crippen LogP contribution in [0.25, 0.3) is 0 Å². The van der Waals surface area contributed by atoms with Gasteiger partial charge in [0.1, 0.15) is 48.4 Å². The molecule has 8 unspecified atom stereocenters. The van der Waals surface area contributed by atoms with E-state index in [9.17, 15) is 29.5 Å². The van der Waals surface area contributed by atoms with Crippen molar-refractivity contribution in [1.29, 1.82) is 0 Å². The van der Waals surface area contributed by atoms with Crippen LogP contribution in [0.1, 0.15) is 113 Å². The lowest BCUT2D eigenvalue weighted by Crippen LogP contribution is -2.64. The summed E-state index contributed by atoms with van der Waals surface area (Å²) in [4.78, 5) is 24.0. The molecule has 4 N–H and O–H groups in total. The molecule has 0 spiro atoms. The molecule has 14 atom stereocenters. The van der Waals surface area contributed by atoms with Crippen LogP contribution in [0, 0.1) is 0 Å². The van der Waals surface area contributed by atoms with Crippen molar-refractivity contribution in [2.45, 2.75) is 212 Å². The van der Waals surface area contributed by atoms with Crippen LogP contribution >= 0.6 is 7.82 Å². The maximum atomic E-state index is 14.5. The molecule has 3 aliphatic rings. The van der Waals surface area contributed by atoms with Crippen molar-refractivity contribution >= 4 is 19.5 Å². The molecule has 1 aromatic heterocycles. The lowest BCUT2D eigenvalue weighted by Gasteiger charge is -2.42. The fourth-order valence-corrected chi connectivity index (χ4v) is 9.77. The monoisotopic (exact) mass is 967 g/mol. The summed E-state index contributed by atoms with van der Waals surface area (Å²) < 4.78 is 81.7. The highest BCUT2D eigenvalue weighted by atomic mass is 31.2. The minimum Gasteiger partial charge on any atom is -0.394 e. The summed E-state index contributed by atoms with van der Waals surface area (Å²) in [7, 11) is -4.20. The zero-order chi connectivity index (χ0) is 48.4. The van der Waals surface area contributed by atoms with Gasteiger partial charge in [-0.15, -0.1) is 5.10 Å². The van der Waals surface area contributed by atoms with Gasteiger partial charge in [-0.3, -0.25) is 23.2 Å². The zero-order valence-electron chi connectivity index (χ0n) is 40.4. The Morgan fingerprint density at radius 3 is 2.18 bits per heavy atom. The second-order valence-electron chi connectivity index (χ2n) is 18.0. The molecule has 22 heteroatoms. The van der Waals surface area contributed by atoms with Crippen LogP contribution in [0.4, 0.5) is 0 Å². The van der Waals surface area contributed by atoms with Gasteiger partial charge in [0.15, 0.2) is 6.29 Å². The van der Waals surface area contributed by atoms with Crippen molar-refractivity contribution in [2.24, 2.45) is 0 Å². The summed E-state index contributed by atoms with van der Waals surface area (Å²) in [5.41, 5.74) is 0.624. The van der Waals surface area contributed by atoms with Gasteiger partial charge in [-0.2, -0.15) is 0 Å². The van der Waals surface area contributed by atoms with Gasteiger partial charge in [0.05, 0.1) is 88.0 Å². The van der Waals surface area contributed by atoms with E-state index < -0.39 is 75.4 Å². The number of nitrogens with one attached hydrogen (secondary N) is 1. The minimum atomic E-state index is -4.20. The van der Waals surface area contributed by atoms with Crippen LogP contribution in [-0.2, 0) is 78.6 Å². The molecule has 0 radical (unpaired) electrons. The Morgan fingerprint density at radius 1 is 0.848 bits per heavy atom. The Bertz CT molecular complexity index is 1610. The number of rotatable bonds is 32. The Labute approximate surface area is 390 Å². The van der Waals surface area contributed by atoms with E-state index >= 15 is 0 Å². The van der Waals surface area contributed by atoms with Gasteiger partial charge in [-0.1, -0.05) is 5.21 Å². The van der Waals surface area contributed by atoms with Gasteiger partial charge in [0.2, 0.25) is 5.91 Å². The third-order valence-electron chi connectivity index (χ3n) is 11.2. The summed E-state index contributed by atoms with van der Waals surface area (Å²) in [5.74, 6) is -0.331. The van der Waals surface area contributed by atoms with Gasteiger partial charge >= 0.3 is 7.82 Å². The standard InChI is InChI=1S/C44H79N4O17P/c1-27(2)59-31(7)42-37(24-30(6)61-42)65-66(54,64-32(8)43-36(60-28(3)4)23-29(5)62-43)58-19-15-34-25-48(47-46-34)16-20-56-22-21-55-17-12-14-35(51)13-10-11-18-57-44-39(45-33(9)50)41(53)40(52)38(26-49)63-44/h25,27-32,36-44,49,52-53H,10-24,26H2,1-9H3,(H,45,50)/t29-,30-,31?,32?,36+,37+,38?,39?,40?,41?,42+,43+,44?,66?/m0/s1. The van der Waals surface area contributed by atoms with Crippen molar-refractivity contribution in [3.8, 4) is 0 Å². The smallest absolute Gasteiger partial charge is 0.394 e. The second kappa shape index (κ2) is 28.6. The van der Waals surface area contributed by atoms with Crippen LogP contribution in [-0.4, -0.2) is 180 Å². The molecule has 3 saturated heterocycles. The molecule has 3 aliphatic heterocycles. The van der Waals surface area contributed by atoms with Crippen LogP contribution in [0.2, 0.25) is 0 Å². The van der Waals surface area contributed by atoms with Gasteiger partial charge in [-0.05, 0) is 74.7 Å². The maximum absolute atomic E-state index is 14.5. The number of carbonyl (C=O) groups is 2. The quantitative estimate of drug-likeness (QED) is 0.0597. The summed E-state index contributed by atoms with van der Waals surface area (Å²) in [6, 6.07) is -1.00. The van der Waals surface area contributed by atoms with Crippen molar-refractivity contribution < 1.29 is 80.9 Å². The van der Waals surface area contributed by atoms with Crippen LogP contribution in [0.15, 0.2) is 6.20 Å². The Balaban J connectivity index is 1.11. The molecule has 4 heterocycles. The largest absolute Gasteiger partial charge is 0.475 e. The fraction of sp³-hybridized carbons (Fsp3) is 0.909. The Hall–Kier alpha value is -2.05. The first-order valence-electron chi connectivity index (χ1n) is 23.7. The van der Waals surface area contributed by atoms with Crippen LogP contribution in [0.5, 0.6) is 0 Å². The number of phosphoric acid groups is 1. The van der Waals surface area contributed by atoms with Gasteiger partial charge in [0.25, 0.3) is 0 Å². The zero-order valence-corrected chi connectivity index (χ0v) is 41.3. The minimum absolute atomic E-state index is 0.0119. The summed E-state index contributed by atoms with van der Waals surface area (Å²) in [6.07, 6.45) is -2.26. The molecule has 1 aromatic rings. The topological polar surface area (TPSA) is 256 Å². The number of phosphoric ester groups is 1. The number of nitrogens with zero attached hydrogens (tertiary/aromatic N) is 3. The van der Waals surface area contributed by atoms with Crippen molar-refractivity contribution in [3.05, 3.63) is 11.9 Å². The lowest BCUT2D eigenvalue weighted by atomic mass is 9.97. The van der Waals surface area contributed by atoms with Gasteiger partial charge in [0, 0.05) is 58.4 Å². The number of aliphatic hydroxyl groups is 3. The number of Topliss-reactive ketones (excluding diaryl/α,β-unsaturated/α-hetero) is 1. The van der Waals surface area contributed by atoms with Crippen LogP contribution in [0.3, 0.4) is 0 Å². The number of hydrogen-bond donors (Lipinski definition) is 4. The second-order valence-corrected chi connectivity index (χ2v) is 19.6. The van der Waals surface area contributed by atoms with E-state index in [1.165, 1.54) is 6.92 Å². The van der Waals surface area contributed by atoms with E-state index in [0.717, 1.165) is 0 Å². The third-order valence-corrected chi connectivity index (χ3v) is 12.8. The molecule has 4 rings (SSSR count). The fourth-order valence-electron chi connectivity index (χ4n) is 8.22. The summed E-state index contributed by atoms with van der Waals surface area (Å²) in [6.45, 7) is 18.4. The molecule has 66 heavy (non-hydrogen) atoms. The number of amides is 1. The summed E-state index contributed by atoms with van der Waals surface area (Å²) in [5, 5.41) is 40.9. The molecule has 0 aliphatic carbocycles. The Kier molecular flexibility index (Phi) is 24.5. The van der Waals surface area contributed by atoms with E-state index in [4.69, 9.17) is 51.5 Å². The number of hydrogen-bond acceptors (Lipinski definition) is 19. The molecule has 3 fully saturated rings. The first-order valence-corrected chi connectivity index (χ1v) is 25.1. The molecule has 21 nitrogen and oxygen atoms in total. The van der Waals surface area contributed by atoms with Crippen molar-refractivity contribution in [3.63, 3.8) is 0 Å². The van der Waals surface area contributed by atoms with E-state index in [-0.39, 0.29) is 55.6 Å².